The molecule has 401 valence electrons. The molecule has 26 heteroatoms. The Hall–Kier alpha value is 5.89. The van der Waals surface area contributed by atoms with E-state index in [1.54, 1.807) is 13.6 Å². The molecule has 0 aromatic carbocycles. The number of hydrogen-bond acceptors (Lipinski definition) is 15. The van der Waals surface area contributed by atoms with Crippen LogP contribution in [0.3, 0.4) is 0 Å². The van der Waals surface area contributed by atoms with Crippen molar-refractivity contribution in [2.24, 2.45) is 5.92 Å². The Labute approximate surface area is 612 Å². The average Bonchev–Trinajstić information content (AvgIpc) is 3.27. The van der Waals surface area contributed by atoms with Gasteiger partial charge in [-0.1, -0.05) is 103 Å². The van der Waals surface area contributed by atoms with E-state index in [9.17, 15) is 50.1 Å². The van der Waals surface area contributed by atoms with Crippen molar-refractivity contribution in [2.75, 3.05) is 59.0 Å². The van der Waals surface area contributed by atoms with E-state index in [1.807, 2.05) is 13.6 Å². The van der Waals surface area contributed by atoms with Crippen LogP contribution in [0.1, 0.15) is 161 Å². The van der Waals surface area contributed by atoms with Crippen molar-refractivity contribution in [3.63, 3.8) is 0 Å². The first-order valence-corrected chi connectivity index (χ1v) is 26.1. The van der Waals surface area contributed by atoms with Crippen molar-refractivity contribution < 1.29 is 276 Å². The van der Waals surface area contributed by atoms with Crippen LogP contribution in [0, 0.1) is 226 Å². The van der Waals surface area contributed by atoms with Crippen molar-refractivity contribution in [1.29, 1.82) is 0 Å². The minimum Gasteiger partial charge on any atom is -0.437 e. The molecule has 0 bridgehead atoms. The first kappa shape index (κ1) is 88.1. The molecule has 0 rings (SSSR count). The van der Waals surface area contributed by atoms with E-state index < -0.39 is 65.1 Å². The van der Waals surface area contributed by atoms with Gasteiger partial charge in [0, 0.05) is 240 Å². The fourth-order valence-corrected chi connectivity index (χ4v) is 8.20. The Morgan fingerprint density at radius 2 is 0.817 bits per heavy atom. The van der Waals surface area contributed by atoms with E-state index in [4.69, 9.17) is 5.11 Å². The second kappa shape index (κ2) is 61.9. The molecule has 0 aromatic rings. The summed E-state index contributed by atoms with van der Waals surface area (Å²) in [7, 11) is -2.21. The molecule has 0 saturated heterocycles. The second-order valence-electron chi connectivity index (χ2n) is 18.9. The molecule has 0 saturated carbocycles. The SMILES string of the molecule is CB(O)NCCCCN(CC(CCCCCCNC(=O)CCCCCCCCCCCCCCCCCNC(=O)[C@H](O)[C@@H](O)[C@H](O)[C@H](O)CO)CN(CCCCNB(C)O)B(C)O)B(C)O.[Ac].[Ac].[Ac].[Ac].[Ac]. The van der Waals surface area contributed by atoms with Gasteiger partial charge in [0.05, 0.1) is 6.61 Å². The molecular weight excluding hydrogens is 1980 g/mol. The molecule has 0 fully saturated rings. The molecule has 0 aliphatic heterocycles. The average molecular weight is 2080 g/mol. The zero-order chi connectivity index (χ0) is 49.4. The molecular formula is C45H98Ac5B4N6O11. The van der Waals surface area contributed by atoms with Crippen LogP contribution in [0.2, 0.25) is 27.3 Å². The molecule has 0 aliphatic carbocycles. The van der Waals surface area contributed by atoms with Gasteiger partial charge in [-0.3, -0.25) is 9.59 Å². The summed E-state index contributed by atoms with van der Waals surface area (Å²) in [5.74, 6) is -0.400. The fraction of sp³-hybridized carbons (Fsp3) is 0.956. The molecule has 0 heterocycles. The van der Waals surface area contributed by atoms with Crippen LogP contribution in [-0.4, -0.2) is 179 Å². The van der Waals surface area contributed by atoms with Crippen molar-refractivity contribution in [3.8, 4) is 0 Å². The quantitative estimate of drug-likeness (QED) is 0.0308. The smallest absolute Gasteiger partial charge is 0.376 e. The van der Waals surface area contributed by atoms with E-state index in [-0.39, 0.29) is 232 Å². The van der Waals surface area contributed by atoms with Crippen LogP contribution in [0.5, 0.6) is 0 Å². The van der Waals surface area contributed by atoms with E-state index in [2.05, 4.69) is 30.7 Å². The van der Waals surface area contributed by atoms with E-state index in [0.29, 0.717) is 19.5 Å². The zero-order valence-electron chi connectivity index (χ0n) is 44.9. The first-order chi connectivity index (χ1) is 31.6. The van der Waals surface area contributed by atoms with Gasteiger partial charge >= 0.3 is 28.2 Å². The molecule has 4 atom stereocenters. The number of unbranched alkanes of at least 4 members (excludes halogenated alkanes) is 19. The third kappa shape index (κ3) is 54.9. The van der Waals surface area contributed by atoms with Gasteiger partial charge in [-0.25, -0.2) is 0 Å². The van der Waals surface area contributed by atoms with Crippen molar-refractivity contribution in [1.82, 2.24) is 30.7 Å². The number of carbonyl (C=O) groups is 2. The third-order valence-corrected chi connectivity index (χ3v) is 12.4. The number of carbonyl (C=O) groups excluding carboxylic acids is 2. The third-order valence-electron chi connectivity index (χ3n) is 12.4. The van der Waals surface area contributed by atoms with Gasteiger partial charge in [-0.15, -0.1) is 0 Å². The summed E-state index contributed by atoms with van der Waals surface area (Å²) in [6.07, 6.45) is 19.0. The topological polar surface area (TPSA) is 271 Å². The van der Waals surface area contributed by atoms with E-state index >= 15 is 0 Å². The Bertz CT molecular complexity index is 1130. The normalized spacial score (nSPS) is 12.6. The molecule has 0 aliphatic rings. The van der Waals surface area contributed by atoms with Gasteiger partial charge in [0.25, 0.3) is 5.91 Å². The summed E-state index contributed by atoms with van der Waals surface area (Å²) in [5, 5.41) is 99.5. The summed E-state index contributed by atoms with van der Waals surface area (Å²) in [5.41, 5.74) is 0. The molecule has 13 N–H and O–H groups in total. The number of rotatable bonds is 48. The number of amides is 2. The van der Waals surface area contributed by atoms with Gasteiger partial charge in [0.2, 0.25) is 5.91 Å². The predicted octanol–water partition coefficient (Wildman–Crippen LogP) is 2.25. The minimum atomic E-state index is -1.89. The second-order valence-corrected chi connectivity index (χ2v) is 18.9. The number of aliphatic hydroxyl groups is 5. The molecule has 17 nitrogen and oxygen atoms in total. The Morgan fingerprint density at radius 1 is 0.465 bits per heavy atom. The predicted molar refractivity (Wildman–Crippen MR) is 271 cm³/mol. The van der Waals surface area contributed by atoms with Crippen LogP contribution in [0.15, 0.2) is 0 Å². The largest absolute Gasteiger partial charge is 0.437 e. The van der Waals surface area contributed by atoms with Crippen LogP contribution in [0.4, 0.5) is 0 Å². The Balaban J connectivity index is -0.00000211. The molecule has 5 radical (unpaired) electrons. The number of aliphatic hydroxyl groups excluding tert-OH is 5. The summed E-state index contributed by atoms with van der Waals surface area (Å²) in [4.78, 5) is 28.7. The van der Waals surface area contributed by atoms with Gasteiger partial charge in [-0.2, -0.15) is 0 Å². The maximum absolute atomic E-state index is 12.4. The Kier molecular flexibility index (Phi) is 76.9. The maximum atomic E-state index is 12.4. The van der Waals surface area contributed by atoms with Crippen molar-refractivity contribution in [2.45, 2.75) is 212 Å². The monoisotopic (exact) mass is 2080 g/mol. The number of hydrogen-bond donors (Lipinski definition) is 13. The molecule has 0 spiro atoms. The standard InChI is InChI=1S/C45H98B4N6O11.5Ac/c1-46(63)52-32-24-26-34-54(48(3)65)36-39(37-55(49(4)66)35-27-25-33-53-47(2)64)28-20-17-19-22-30-50-41(58)29-21-16-14-12-10-8-6-5-7-9-11-13-15-18-23-31-51-45(62)44(61)43(60)42(59)40(57)38-56;;;;;/h39-40,42-44,52-53,56-57,59-61,63-66H,5-38H2,1-4H3,(H,50,58)(H,51,62);;;;;/t40-,42-,43+,44-;;;;;/m1...../s1. The maximum Gasteiger partial charge on any atom is 0.376 e. The van der Waals surface area contributed by atoms with E-state index in [0.717, 1.165) is 136 Å². The van der Waals surface area contributed by atoms with Crippen LogP contribution < -0.4 is 21.1 Å². The summed E-state index contributed by atoms with van der Waals surface area (Å²) in [6, 6.07) is 0. The summed E-state index contributed by atoms with van der Waals surface area (Å²) >= 11 is 0. The van der Waals surface area contributed by atoms with Crippen molar-refractivity contribution in [3.05, 3.63) is 0 Å². The Morgan fingerprint density at radius 3 is 1.20 bits per heavy atom. The van der Waals surface area contributed by atoms with Crippen LogP contribution in [0.25, 0.3) is 0 Å². The summed E-state index contributed by atoms with van der Waals surface area (Å²) < 4.78 is 0. The van der Waals surface area contributed by atoms with Crippen LogP contribution in [-0.2, 0) is 9.59 Å². The fourth-order valence-electron chi connectivity index (χ4n) is 8.20. The van der Waals surface area contributed by atoms with Gasteiger partial charge in [-0.05, 0) is 124 Å². The minimum absolute atomic E-state index is 0. The molecule has 0 aromatic heterocycles. The summed E-state index contributed by atoms with van der Waals surface area (Å²) in [6.45, 7) is 11.8. The van der Waals surface area contributed by atoms with E-state index in [1.165, 1.54) is 57.8 Å². The van der Waals surface area contributed by atoms with Crippen LogP contribution >= 0.6 is 0 Å². The number of nitrogens with zero attached hydrogens (tertiary/aromatic N) is 2. The van der Waals surface area contributed by atoms with Gasteiger partial charge in [0.15, 0.2) is 6.10 Å². The first-order valence-electron chi connectivity index (χ1n) is 26.1. The zero-order valence-corrected chi connectivity index (χ0v) is 68.6. The van der Waals surface area contributed by atoms with Crippen molar-refractivity contribution >= 4 is 40.0 Å². The van der Waals surface area contributed by atoms with Gasteiger partial charge < -0.3 is 76.3 Å². The number of nitrogens with one attached hydrogen (secondary N) is 4. The molecule has 71 heavy (non-hydrogen) atoms. The van der Waals surface area contributed by atoms with Gasteiger partial charge in [0.1, 0.15) is 18.3 Å². The molecule has 2 amide bonds. The molecule has 0 unspecified atom stereocenters.